The predicted octanol–water partition coefficient (Wildman–Crippen LogP) is 4.43. The summed E-state index contributed by atoms with van der Waals surface area (Å²) in [6.07, 6.45) is 19.0. The van der Waals surface area contributed by atoms with Gasteiger partial charge >= 0.3 is 11.9 Å². The number of imide groups is 1. The minimum Gasteiger partial charge on any atom is -0.481 e. The number of carboxylic acids is 1. The third-order valence-corrected chi connectivity index (χ3v) is 7.64. The largest absolute Gasteiger partial charge is 0.481 e. The molecule has 2 rings (SSSR count). The van der Waals surface area contributed by atoms with Crippen LogP contribution in [0.2, 0.25) is 0 Å². The second kappa shape index (κ2) is 27.1. The molecule has 0 saturated carbocycles. The van der Waals surface area contributed by atoms with E-state index in [0.717, 1.165) is 37.8 Å². The van der Waals surface area contributed by atoms with Gasteiger partial charge in [0.1, 0.15) is 0 Å². The van der Waals surface area contributed by atoms with Crippen molar-refractivity contribution in [3.05, 3.63) is 11.9 Å². The summed E-state index contributed by atoms with van der Waals surface area (Å²) >= 11 is 0. The summed E-state index contributed by atoms with van der Waals surface area (Å²) in [7, 11) is 0. The van der Waals surface area contributed by atoms with Gasteiger partial charge in [0.15, 0.2) is 0 Å². The summed E-state index contributed by atoms with van der Waals surface area (Å²) < 4.78 is 23.6. The van der Waals surface area contributed by atoms with E-state index in [1.807, 2.05) is 10.9 Å². The lowest BCUT2D eigenvalue weighted by atomic mass is 10.0. The molecule has 47 heavy (non-hydrogen) atoms. The van der Waals surface area contributed by atoms with E-state index < -0.39 is 23.8 Å². The van der Waals surface area contributed by atoms with Crippen molar-refractivity contribution in [2.45, 2.75) is 122 Å². The Morgan fingerprint density at radius 3 is 1.64 bits per heavy atom. The van der Waals surface area contributed by atoms with Gasteiger partial charge in [-0.1, -0.05) is 75.8 Å². The lowest BCUT2D eigenvalue weighted by Crippen LogP contribution is -2.32. The van der Waals surface area contributed by atoms with Crippen LogP contribution in [0.5, 0.6) is 0 Å². The summed E-state index contributed by atoms with van der Waals surface area (Å²) in [5.74, 6) is -2.38. The van der Waals surface area contributed by atoms with Crippen LogP contribution >= 0.6 is 0 Å². The van der Waals surface area contributed by atoms with E-state index in [2.05, 4.69) is 10.3 Å². The molecule has 0 unspecified atom stereocenters. The Kier molecular flexibility index (Phi) is 23.2. The molecule has 14 nitrogen and oxygen atoms in total. The van der Waals surface area contributed by atoms with Crippen molar-refractivity contribution in [1.29, 1.82) is 0 Å². The third kappa shape index (κ3) is 21.5. The Morgan fingerprint density at radius 1 is 0.638 bits per heavy atom. The Hall–Kier alpha value is -2.94. The number of carbonyl (C=O) groups excluding carboxylic acids is 3. The fraction of sp³-hybridized carbons (Fsp3) is 0.818. The molecule has 0 aliphatic carbocycles. The lowest BCUT2D eigenvalue weighted by molar-refractivity contribution is -0.198. The number of rotatable bonds is 32. The number of aryl methyl sites for hydroxylation is 1. The lowest BCUT2D eigenvalue weighted by Gasteiger charge is -2.12. The zero-order chi connectivity index (χ0) is 33.8. The molecule has 14 heteroatoms. The van der Waals surface area contributed by atoms with Gasteiger partial charge in [-0.3, -0.25) is 14.4 Å². The van der Waals surface area contributed by atoms with Gasteiger partial charge in [0.25, 0.3) is 11.8 Å². The molecule has 268 valence electrons. The second-order valence-electron chi connectivity index (χ2n) is 11.7. The van der Waals surface area contributed by atoms with E-state index in [1.54, 1.807) is 0 Å². The van der Waals surface area contributed by atoms with Crippen molar-refractivity contribution in [3.8, 4) is 0 Å². The molecule has 2 heterocycles. The smallest absolute Gasteiger partial charge is 0.335 e. The standard InChI is InChI=1S/C33H56N4O10/c38-30-16-17-31(39)37(30)47-33(42)18-20-43-22-24-45-26-27-46-25-23-44-21-19-36-28-29(34-35-36)14-12-10-8-6-4-2-1-3-5-7-9-11-13-15-32(40)41/h28H,1-27H2,(H,40,41). The molecule has 1 aliphatic rings. The first-order valence-corrected chi connectivity index (χ1v) is 17.4. The number of aliphatic carboxylic acids is 1. The van der Waals surface area contributed by atoms with Gasteiger partial charge in [-0.05, 0) is 19.3 Å². The molecule has 1 aromatic rings. The number of hydroxylamine groups is 2. The van der Waals surface area contributed by atoms with E-state index in [1.165, 1.54) is 57.8 Å². The van der Waals surface area contributed by atoms with E-state index in [0.29, 0.717) is 64.3 Å². The zero-order valence-electron chi connectivity index (χ0n) is 28.1. The molecule has 1 fully saturated rings. The molecule has 1 aromatic heterocycles. The van der Waals surface area contributed by atoms with Crippen molar-refractivity contribution in [1.82, 2.24) is 20.1 Å². The first-order valence-electron chi connectivity index (χ1n) is 17.4. The van der Waals surface area contributed by atoms with Gasteiger partial charge in [-0.15, -0.1) is 10.2 Å². The van der Waals surface area contributed by atoms with Crippen LogP contribution in [-0.4, -0.2) is 102 Å². The van der Waals surface area contributed by atoms with Crippen molar-refractivity contribution < 1.29 is 48.1 Å². The Balaban J connectivity index is 1.27. The quantitative estimate of drug-likeness (QED) is 0.0848. The molecular formula is C33H56N4O10. The fourth-order valence-corrected chi connectivity index (χ4v) is 4.97. The highest BCUT2D eigenvalue weighted by Gasteiger charge is 2.32. The number of amides is 2. The van der Waals surface area contributed by atoms with Crippen molar-refractivity contribution in [2.75, 3.05) is 52.9 Å². The maximum Gasteiger partial charge on any atom is 0.335 e. The summed E-state index contributed by atoms with van der Waals surface area (Å²) in [5.41, 5.74) is 1.03. The van der Waals surface area contributed by atoms with Crippen LogP contribution in [0, 0.1) is 0 Å². The number of unbranched alkanes of at least 4 members (excludes halogenated alkanes) is 12. The highest BCUT2D eigenvalue weighted by atomic mass is 16.7. The van der Waals surface area contributed by atoms with Gasteiger partial charge in [0, 0.05) is 25.5 Å². The Bertz CT molecular complexity index is 990. The molecular weight excluding hydrogens is 612 g/mol. The minimum atomic E-state index is -0.691. The van der Waals surface area contributed by atoms with Crippen LogP contribution in [-0.2, 0) is 55.9 Å². The van der Waals surface area contributed by atoms with Gasteiger partial charge < -0.3 is 28.9 Å². The van der Waals surface area contributed by atoms with Crippen LogP contribution in [0.4, 0.5) is 0 Å². The highest BCUT2D eigenvalue weighted by molar-refractivity contribution is 6.01. The first-order chi connectivity index (χ1) is 23.0. The summed E-state index contributed by atoms with van der Waals surface area (Å²) in [5, 5.41) is 17.6. The van der Waals surface area contributed by atoms with Crippen LogP contribution in [0.15, 0.2) is 6.20 Å². The van der Waals surface area contributed by atoms with Crippen molar-refractivity contribution in [3.63, 3.8) is 0 Å². The monoisotopic (exact) mass is 668 g/mol. The van der Waals surface area contributed by atoms with Gasteiger partial charge in [0.05, 0.1) is 71.5 Å². The fourth-order valence-electron chi connectivity index (χ4n) is 4.97. The second-order valence-corrected chi connectivity index (χ2v) is 11.7. The number of ether oxygens (including phenoxy) is 4. The minimum absolute atomic E-state index is 0.0641. The maximum atomic E-state index is 11.7. The number of aromatic nitrogens is 3. The SMILES string of the molecule is O=C(O)CCCCCCCCCCCCCCCc1cn(CCOCCOCCOCCOCCC(=O)ON2C(=O)CCC2=O)nn1. The van der Waals surface area contributed by atoms with Gasteiger partial charge in [-0.2, -0.15) is 0 Å². The average Bonchev–Trinajstić information content (AvgIpc) is 3.64. The average molecular weight is 669 g/mol. The molecule has 0 aromatic carbocycles. The molecule has 1 aliphatic heterocycles. The summed E-state index contributed by atoms with van der Waals surface area (Å²) in [6, 6.07) is 0. The van der Waals surface area contributed by atoms with Crippen molar-refractivity contribution >= 4 is 23.8 Å². The molecule has 0 radical (unpaired) electrons. The molecule has 0 atom stereocenters. The molecule has 1 saturated heterocycles. The topological polar surface area (TPSA) is 169 Å². The van der Waals surface area contributed by atoms with E-state index >= 15 is 0 Å². The maximum absolute atomic E-state index is 11.7. The Morgan fingerprint density at radius 2 is 1.11 bits per heavy atom. The van der Waals surface area contributed by atoms with Crippen molar-refractivity contribution in [2.24, 2.45) is 0 Å². The number of carboxylic acid groups (broad SMARTS) is 1. The molecule has 1 N–H and O–H groups in total. The number of carbonyl (C=O) groups is 4. The number of hydrogen-bond donors (Lipinski definition) is 1. The van der Waals surface area contributed by atoms with Crippen LogP contribution in [0.3, 0.4) is 0 Å². The molecule has 0 spiro atoms. The summed E-state index contributed by atoms with van der Waals surface area (Å²) in [4.78, 5) is 49.7. The van der Waals surface area contributed by atoms with Crippen LogP contribution in [0.25, 0.3) is 0 Å². The normalized spacial score (nSPS) is 13.1. The summed E-state index contributed by atoms with van der Waals surface area (Å²) in [6.45, 7) is 3.71. The number of hydrogen-bond acceptors (Lipinski definition) is 11. The predicted molar refractivity (Wildman–Crippen MR) is 171 cm³/mol. The van der Waals surface area contributed by atoms with Gasteiger partial charge in [-0.25, -0.2) is 9.48 Å². The van der Waals surface area contributed by atoms with Gasteiger partial charge in [0.2, 0.25) is 0 Å². The molecule has 2 amide bonds. The van der Waals surface area contributed by atoms with Crippen LogP contribution < -0.4 is 0 Å². The third-order valence-electron chi connectivity index (χ3n) is 7.64. The first kappa shape index (κ1) is 40.2. The van der Waals surface area contributed by atoms with Crippen LogP contribution in [0.1, 0.15) is 115 Å². The van der Waals surface area contributed by atoms with E-state index in [9.17, 15) is 19.2 Å². The number of nitrogens with zero attached hydrogens (tertiary/aromatic N) is 4. The van der Waals surface area contributed by atoms with E-state index in [-0.39, 0.29) is 25.9 Å². The Labute approximate surface area is 278 Å². The zero-order valence-corrected chi connectivity index (χ0v) is 28.1. The highest BCUT2D eigenvalue weighted by Crippen LogP contribution is 2.14. The molecule has 0 bridgehead atoms. The van der Waals surface area contributed by atoms with E-state index in [4.69, 9.17) is 28.9 Å².